The summed E-state index contributed by atoms with van der Waals surface area (Å²) in [5.41, 5.74) is -0.180. The van der Waals surface area contributed by atoms with Crippen LogP contribution in [0.15, 0.2) is 40.2 Å². The third-order valence-electron chi connectivity index (χ3n) is 2.56. The van der Waals surface area contributed by atoms with Crippen LogP contribution in [-0.4, -0.2) is 6.54 Å². The van der Waals surface area contributed by atoms with Crippen LogP contribution in [0, 0.1) is 0 Å². The predicted molar refractivity (Wildman–Crippen MR) is 75.7 cm³/mol. The zero-order valence-electron chi connectivity index (χ0n) is 9.80. The Morgan fingerprint density at radius 3 is 2.63 bits per heavy atom. The van der Waals surface area contributed by atoms with E-state index in [1.54, 1.807) is 11.3 Å². The van der Waals surface area contributed by atoms with Crippen LogP contribution in [0.25, 0.3) is 0 Å². The predicted octanol–water partition coefficient (Wildman–Crippen LogP) is 5.18. The quantitative estimate of drug-likeness (QED) is 0.801. The van der Waals surface area contributed by atoms with E-state index < -0.39 is 11.7 Å². The van der Waals surface area contributed by atoms with Crippen LogP contribution in [0.3, 0.4) is 0 Å². The van der Waals surface area contributed by atoms with Gasteiger partial charge in [-0.25, -0.2) is 0 Å². The van der Waals surface area contributed by atoms with Crippen molar-refractivity contribution in [3.63, 3.8) is 0 Å². The molecule has 2 rings (SSSR count). The summed E-state index contributed by atoms with van der Waals surface area (Å²) in [7, 11) is 0. The first kappa shape index (κ1) is 14.4. The molecular formula is C13H11BrF3NS. The molecule has 0 aliphatic heterocycles. The van der Waals surface area contributed by atoms with E-state index in [2.05, 4.69) is 21.2 Å². The first-order valence-electron chi connectivity index (χ1n) is 5.60. The average molecular weight is 350 g/mol. The van der Waals surface area contributed by atoms with Crippen LogP contribution >= 0.6 is 27.3 Å². The lowest BCUT2D eigenvalue weighted by atomic mass is 10.2. The Bertz CT molecular complexity index is 537. The Hall–Kier alpha value is -1.01. The standard InChI is InChI=1S/C13H11BrF3NS/c14-11-4-3-9(13(15,16)17)8-12(11)18-6-5-10-2-1-7-19-10/h1-4,7-8,18H,5-6H2. The summed E-state index contributed by atoms with van der Waals surface area (Å²) in [6, 6.07) is 7.57. The first-order chi connectivity index (χ1) is 8.97. The maximum atomic E-state index is 12.6. The molecule has 0 unspecified atom stereocenters. The van der Waals surface area contributed by atoms with E-state index in [0.29, 0.717) is 16.7 Å². The summed E-state index contributed by atoms with van der Waals surface area (Å²) in [6.45, 7) is 0.598. The molecule has 1 nitrogen and oxygen atoms in total. The number of halogens is 4. The van der Waals surface area contributed by atoms with E-state index >= 15 is 0 Å². The molecule has 102 valence electrons. The summed E-state index contributed by atoms with van der Waals surface area (Å²) in [6.07, 6.45) is -3.52. The van der Waals surface area contributed by atoms with Crippen molar-refractivity contribution in [3.05, 3.63) is 50.6 Å². The molecule has 0 fully saturated rings. The van der Waals surface area contributed by atoms with E-state index in [0.717, 1.165) is 18.6 Å². The monoisotopic (exact) mass is 349 g/mol. The third-order valence-corrected chi connectivity index (χ3v) is 4.19. The van der Waals surface area contributed by atoms with E-state index in [4.69, 9.17) is 0 Å². The highest BCUT2D eigenvalue weighted by Gasteiger charge is 2.30. The minimum atomic E-state index is -4.31. The number of anilines is 1. The second kappa shape index (κ2) is 5.96. The van der Waals surface area contributed by atoms with Gasteiger partial charge in [-0.2, -0.15) is 13.2 Å². The molecule has 19 heavy (non-hydrogen) atoms. The van der Waals surface area contributed by atoms with Gasteiger partial charge in [0.15, 0.2) is 0 Å². The van der Waals surface area contributed by atoms with E-state index in [1.165, 1.54) is 10.9 Å². The number of hydrogen-bond acceptors (Lipinski definition) is 2. The summed E-state index contributed by atoms with van der Waals surface area (Å²) < 4.78 is 38.4. The fraction of sp³-hybridized carbons (Fsp3) is 0.231. The Balaban J connectivity index is 2.03. The fourth-order valence-corrected chi connectivity index (χ4v) is 2.71. The van der Waals surface area contributed by atoms with Crippen molar-refractivity contribution in [1.82, 2.24) is 0 Å². The van der Waals surface area contributed by atoms with Crippen LogP contribution in [-0.2, 0) is 12.6 Å². The Labute approximate surface area is 121 Å². The number of nitrogens with one attached hydrogen (secondary N) is 1. The molecule has 6 heteroatoms. The maximum Gasteiger partial charge on any atom is 0.416 e. The van der Waals surface area contributed by atoms with Gasteiger partial charge in [-0.3, -0.25) is 0 Å². The van der Waals surface area contributed by atoms with E-state index in [-0.39, 0.29) is 0 Å². The Morgan fingerprint density at radius 2 is 2.00 bits per heavy atom. The molecule has 1 aromatic heterocycles. The molecule has 0 saturated heterocycles. The number of thiophene rings is 1. The van der Waals surface area contributed by atoms with Gasteiger partial charge in [-0.1, -0.05) is 6.07 Å². The molecular weight excluding hydrogens is 339 g/mol. The maximum absolute atomic E-state index is 12.6. The highest BCUT2D eigenvalue weighted by molar-refractivity contribution is 9.10. The second-order valence-electron chi connectivity index (χ2n) is 3.95. The molecule has 0 atom stereocenters. The summed E-state index contributed by atoms with van der Waals surface area (Å²) in [5.74, 6) is 0. The van der Waals surface area contributed by atoms with Crippen molar-refractivity contribution < 1.29 is 13.2 Å². The van der Waals surface area contributed by atoms with Gasteiger partial charge in [0.1, 0.15) is 0 Å². The lowest BCUT2D eigenvalue weighted by Crippen LogP contribution is -2.08. The number of hydrogen-bond donors (Lipinski definition) is 1. The highest BCUT2D eigenvalue weighted by Crippen LogP contribution is 2.33. The van der Waals surface area contributed by atoms with Gasteiger partial charge in [0.25, 0.3) is 0 Å². The second-order valence-corrected chi connectivity index (χ2v) is 5.84. The van der Waals surface area contributed by atoms with Gasteiger partial charge in [0, 0.05) is 21.6 Å². The molecule has 1 heterocycles. The van der Waals surface area contributed by atoms with Crippen molar-refractivity contribution in [3.8, 4) is 0 Å². The highest BCUT2D eigenvalue weighted by atomic mass is 79.9. The molecule has 0 amide bonds. The summed E-state index contributed by atoms with van der Waals surface area (Å²) in [5, 5.41) is 5.01. The van der Waals surface area contributed by atoms with Crippen LogP contribution in [0.4, 0.5) is 18.9 Å². The summed E-state index contributed by atoms with van der Waals surface area (Å²) >= 11 is 4.89. The van der Waals surface area contributed by atoms with Crippen LogP contribution in [0.1, 0.15) is 10.4 Å². The molecule has 0 saturated carbocycles. The van der Waals surface area contributed by atoms with Crippen molar-refractivity contribution in [2.75, 3.05) is 11.9 Å². The molecule has 2 aromatic rings. The van der Waals surface area contributed by atoms with Gasteiger partial charge in [-0.05, 0) is 52.0 Å². The van der Waals surface area contributed by atoms with Crippen molar-refractivity contribution in [1.29, 1.82) is 0 Å². The lowest BCUT2D eigenvalue weighted by Gasteiger charge is -2.12. The number of benzene rings is 1. The van der Waals surface area contributed by atoms with E-state index in [1.807, 2.05) is 17.5 Å². The molecule has 0 aliphatic rings. The van der Waals surface area contributed by atoms with Gasteiger partial charge in [0.2, 0.25) is 0 Å². The van der Waals surface area contributed by atoms with Crippen LogP contribution < -0.4 is 5.32 Å². The molecule has 0 spiro atoms. The minimum absolute atomic E-state index is 0.464. The van der Waals surface area contributed by atoms with Gasteiger partial charge >= 0.3 is 6.18 Å². The van der Waals surface area contributed by atoms with Gasteiger partial charge in [-0.15, -0.1) is 11.3 Å². The zero-order valence-corrected chi connectivity index (χ0v) is 12.2. The molecule has 0 radical (unpaired) electrons. The molecule has 1 aromatic carbocycles. The zero-order chi connectivity index (χ0) is 13.9. The minimum Gasteiger partial charge on any atom is -0.384 e. The molecule has 1 N–H and O–H groups in total. The molecule has 0 bridgehead atoms. The number of alkyl halides is 3. The van der Waals surface area contributed by atoms with Crippen LogP contribution in [0.5, 0.6) is 0 Å². The SMILES string of the molecule is FC(F)(F)c1ccc(Br)c(NCCc2cccs2)c1. The van der Waals surface area contributed by atoms with Gasteiger partial charge < -0.3 is 5.32 Å². The first-order valence-corrected chi connectivity index (χ1v) is 7.27. The number of rotatable bonds is 4. The average Bonchev–Trinajstić information content (AvgIpc) is 2.83. The van der Waals surface area contributed by atoms with Crippen molar-refractivity contribution in [2.45, 2.75) is 12.6 Å². The topological polar surface area (TPSA) is 12.0 Å². The Kier molecular flexibility index (Phi) is 4.52. The van der Waals surface area contributed by atoms with Crippen molar-refractivity contribution >= 4 is 33.0 Å². The lowest BCUT2D eigenvalue weighted by molar-refractivity contribution is -0.137. The fourth-order valence-electron chi connectivity index (χ4n) is 1.61. The summed E-state index contributed by atoms with van der Waals surface area (Å²) in [4.78, 5) is 1.20. The smallest absolute Gasteiger partial charge is 0.384 e. The largest absolute Gasteiger partial charge is 0.416 e. The normalized spacial score (nSPS) is 11.6. The third kappa shape index (κ3) is 3.98. The van der Waals surface area contributed by atoms with Gasteiger partial charge in [0.05, 0.1) is 5.56 Å². The van der Waals surface area contributed by atoms with E-state index in [9.17, 15) is 13.2 Å². The molecule has 0 aliphatic carbocycles. The Morgan fingerprint density at radius 1 is 1.21 bits per heavy atom. The van der Waals surface area contributed by atoms with Crippen LogP contribution in [0.2, 0.25) is 0 Å². The van der Waals surface area contributed by atoms with Crippen molar-refractivity contribution in [2.24, 2.45) is 0 Å².